The zero-order valence-electron chi connectivity index (χ0n) is 10.9. The summed E-state index contributed by atoms with van der Waals surface area (Å²) in [5.74, 6) is -1.42. The monoisotopic (exact) mass is 273 g/mol. The van der Waals surface area contributed by atoms with E-state index in [4.69, 9.17) is 10.9 Å². The molecule has 0 aliphatic heterocycles. The molecule has 104 valence electrons. The molecule has 0 spiro atoms. The molecule has 1 atom stereocenters. The Bertz CT molecular complexity index is 621. The van der Waals surface area contributed by atoms with Gasteiger partial charge in [-0.3, -0.25) is 9.48 Å². The molecule has 0 saturated heterocycles. The van der Waals surface area contributed by atoms with Crippen LogP contribution in [-0.2, 0) is 11.8 Å². The second-order valence-corrected chi connectivity index (χ2v) is 4.26. The standard InChI is InChI=1S/C13H15N5O2/c1-18-8-10(7-15-18)16-13(19)11(12(14)17-20)9-5-3-2-4-6-9/h2-8,11,20H,1H3,(H2,14,17)(H,16,19). The van der Waals surface area contributed by atoms with Crippen molar-refractivity contribution in [1.82, 2.24) is 9.78 Å². The third kappa shape index (κ3) is 2.94. The van der Waals surface area contributed by atoms with E-state index in [0.29, 0.717) is 11.3 Å². The van der Waals surface area contributed by atoms with Gasteiger partial charge in [-0.1, -0.05) is 35.5 Å². The van der Waals surface area contributed by atoms with Gasteiger partial charge in [0.25, 0.3) is 0 Å². The van der Waals surface area contributed by atoms with Crippen LogP contribution < -0.4 is 11.1 Å². The van der Waals surface area contributed by atoms with Gasteiger partial charge in [0.15, 0.2) is 5.84 Å². The molecule has 0 fully saturated rings. The lowest BCUT2D eigenvalue weighted by Crippen LogP contribution is -2.32. The normalized spacial score (nSPS) is 12.9. The highest BCUT2D eigenvalue weighted by atomic mass is 16.4. The van der Waals surface area contributed by atoms with E-state index >= 15 is 0 Å². The first kappa shape index (κ1) is 13.6. The number of oxime groups is 1. The molecule has 0 bridgehead atoms. The van der Waals surface area contributed by atoms with E-state index in [1.54, 1.807) is 42.2 Å². The van der Waals surface area contributed by atoms with Crippen LogP contribution in [0.3, 0.4) is 0 Å². The zero-order valence-corrected chi connectivity index (χ0v) is 10.9. The number of carbonyl (C=O) groups excluding carboxylic acids is 1. The number of hydrogen-bond donors (Lipinski definition) is 3. The third-order valence-corrected chi connectivity index (χ3v) is 2.78. The van der Waals surface area contributed by atoms with Crippen LogP contribution in [0.25, 0.3) is 0 Å². The van der Waals surface area contributed by atoms with Crippen molar-refractivity contribution in [2.45, 2.75) is 5.92 Å². The molecule has 0 aliphatic carbocycles. The highest BCUT2D eigenvalue weighted by Crippen LogP contribution is 2.18. The van der Waals surface area contributed by atoms with Gasteiger partial charge < -0.3 is 16.3 Å². The maximum Gasteiger partial charge on any atom is 0.239 e. The summed E-state index contributed by atoms with van der Waals surface area (Å²) in [5.41, 5.74) is 6.82. The lowest BCUT2D eigenvalue weighted by atomic mass is 9.97. The molecule has 1 aromatic heterocycles. The fourth-order valence-corrected chi connectivity index (χ4v) is 1.86. The number of amidine groups is 1. The van der Waals surface area contributed by atoms with Crippen LogP contribution in [0, 0.1) is 0 Å². The van der Waals surface area contributed by atoms with Crippen LogP contribution >= 0.6 is 0 Å². The van der Waals surface area contributed by atoms with Gasteiger partial charge in [0.05, 0.1) is 11.9 Å². The summed E-state index contributed by atoms with van der Waals surface area (Å²) >= 11 is 0. The molecular weight excluding hydrogens is 258 g/mol. The number of nitrogens with one attached hydrogen (secondary N) is 1. The number of amides is 1. The molecular formula is C13H15N5O2. The Balaban J connectivity index is 2.25. The lowest BCUT2D eigenvalue weighted by Gasteiger charge is -2.15. The molecule has 1 aromatic carbocycles. The molecule has 1 heterocycles. The first-order chi connectivity index (χ1) is 9.61. The van der Waals surface area contributed by atoms with Gasteiger partial charge in [0.1, 0.15) is 5.92 Å². The van der Waals surface area contributed by atoms with Gasteiger partial charge in [-0.15, -0.1) is 0 Å². The van der Waals surface area contributed by atoms with Crippen LogP contribution in [-0.4, -0.2) is 26.7 Å². The van der Waals surface area contributed by atoms with E-state index in [-0.39, 0.29) is 11.7 Å². The Morgan fingerprint density at radius 3 is 2.70 bits per heavy atom. The van der Waals surface area contributed by atoms with E-state index in [1.807, 2.05) is 6.07 Å². The lowest BCUT2D eigenvalue weighted by molar-refractivity contribution is -0.116. The molecule has 2 rings (SSSR count). The number of carbonyl (C=O) groups is 1. The van der Waals surface area contributed by atoms with Crippen LogP contribution in [0.4, 0.5) is 5.69 Å². The van der Waals surface area contributed by atoms with Crippen molar-refractivity contribution in [2.75, 3.05) is 5.32 Å². The van der Waals surface area contributed by atoms with Gasteiger partial charge in [0.2, 0.25) is 5.91 Å². The Kier molecular flexibility index (Phi) is 3.99. The fraction of sp³-hybridized carbons (Fsp3) is 0.154. The number of nitrogens with two attached hydrogens (primary N) is 1. The van der Waals surface area contributed by atoms with Gasteiger partial charge in [-0.05, 0) is 5.56 Å². The van der Waals surface area contributed by atoms with Crippen LogP contribution in [0.5, 0.6) is 0 Å². The molecule has 0 saturated carbocycles. The molecule has 4 N–H and O–H groups in total. The maximum absolute atomic E-state index is 12.3. The highest BCUT2D eigenvalue weighted by molar-refractivity contribution is 6.12. The van der Waals surface area contributed by atoms with Crippen LogP contribution in [0.2, 0.25) is 0 Å². The smallest absolute Gasteiger partial charge is 0.239 e. The number of aromatic nitrogens is 2. The van der Waals surface area contributed by atoms with E-state index in [2.05, 4.69) is 15.6 Å². The summed E-state index contributed by atoms with van der Waals surface area (Å²) < 4.78 is 1.57. The van der Waals surface area contributed by atoms with Crippen molar-refractivity contribution in [2.24, 2.45) is 17.9 Å². The topological polar surface area (TPSA) is 106 Å². The van der Waals surface area contributed by atoms with Gasteiger partial charge in [0, 0.05) is 13.2 Å². The number of rotatable bonds is 4. The van der Waals surface area contributed by atoms with Gasteiger partial charge in [-0.25, -0.2) is 0 Å². The van der Waals surface area contributed by atoms with Crippen molar-refractivity contribution in [3.05, 3.63) is 48.3 Å². The first-order valence-corrected chi connectivity index (χ1v) is 5.93. The Hall–Kier alpha value is -2.83. The summed E-state index contributed by atoms with van der Waals surface area (Å²) in [6, 6.07) is 8.87. The molecule has 2 aromatic rings. The molecule has 7 nitrogen and oxygen atoms in total. The van der Waals surface area contributed by atoms with E-state index in [1.165, 1.54) is 6.20 Å². The molecule has 20 heavy (non-hydrogen) atoms. The summed E-state index contributed by atoms with van der Waals surface area (Å²) in [5, 5.41) is 18.4. The predicted octanol–water partition coefficient (Wildman–Crippen LogP) is 0.889. The fourth-order valence-electron chi connectivity index (χ4n) is 1.86. The molecule has 7 heteroatoms. The Labute approximate surface area is 115 Å². The van der Waals surface area contributed by atoms with Crippen molar-refractivity contribution >= 4 is 17.4 Å². The second-order valence-electron chi connectivity index (χ2n) is 4.26. The van der Waals surface area contributed by atoms with Crippen molar-refractivity contribution in [1.29, 1.82) is 0 Å². The SMILES string of the molecule is Cn1cc(NC(=O)C(C(N)=NO)c2ccccc2)cn1. The zero-order chi connectivity index (χ0) is 14.5. The second kappa shape index (κ2) is 5.87. The predicted molar refractivity (Wildman–Crippen MR) is 74.4 cm³/mol. The molecule has 0 aliphatic rings. The number of nitrogens with zero attached hydrogens (tertiary/aromatic N) is 3. The summed E-state index contributed by atoms with van der Waals surface area (Å²) in [4.78, 5) is 12.3. The quantitative estimate of drug-likeness (QED) is 0.333. The van der Waals surface area contributed by atoms with Crippen molar-refractivity contribution in [3.63, 3.8) is 0 Å². The molecule has 1 amide bonds. The summed E-state index contributed by atoms with van der Waals surface area (Å²) in [6.07, 6.45) is 3.18. The number of hydrogen-bond acceptors (Lipinski definition) is 4. The number of benzene rings is 1. The minimum atomic E-state index is -0.860. The van der Waals surface area contributed by atoms with Gasteiger partial charge in [-0.2, -0.15) is 5.10 Å². The third-order valence-electron chi connectivity index (χ3n) is 2.78. The van der Waals surface area contributed by atoms with Crippen LogP contribution in [0.15, 0.2) is 47.9 Å². The average molecular weight is 273 g/mol. The summed E-state index contributed by atoms with van der Waals surface area (Å²) in [7, 11) is 1.74. The first-order valence-electron chi connectivity index (χ1n) is 5.93. The minimum Gasteiger partial charge on any atom is -0.409 e. The average Bonchev–Trinajstić information content (AvgIpc) is 2.85. The van der Waals surface area contributed by atoms with Gasteiger partial charge >= 0.3 is 0 Å². The highest BCUT2D eigenvalue weighted by Gasteiger charge is 2.25. The number of aryl methyl sites for hydroxylation is 1. The van der Waals surface area contributed by atoms with E-state index < -0.39 is 5.92 Å². The van der Waals surface area contributed by atoms with Crippen LogP contribution in [0.1, 0.15) is 11.5 Å². The minimum absolute atomic E-state index is 0.169. The van der Waals surface area contributed by atoms with E-state index in [9.17, 15) is 4.79 Å². The maximum atomic E-state index is 12.3. The Morgan fingerprint density at radius 2 is 2.15 bits per heavy atom. The largest absolute Gasteiger partial charge is 0.409 e. The van der Waals surface area contributed by atoms with Crippen molar-refractivity contribution in [3.8, 4) is 0 Å². The molecule has 0 radical (unpaired) electrons. The Morgan fingerprint density at radius 1 is 1.45 bits per heavy atom. The molecule has 1 unspecified atom stereocenters. The van der Waals surface area contributed by atoms with E-state index in [0.717, 1.165) is 0 Å². The number of anilines is 1. The summed E-state index contributed by atoms with van der Waals surface area (Å²) in [6.45, 7) is 0. The van der Waals surface area contributed by atoms with Crippen molar-refractivity contribution < 1.29 is 10.0 Å².